The normalized spacial score (nSPS) is 19.1. The van der Waals surface area contributed by atoms with Crippen molar-refractivity contribution in [2.24, 2.45) is 5.16 Å². The molecule has 0 aromatic heterocycles. The van der Waals surface area contributed by atoms with Gasteiger partial charge in [0, 0.05) is 37.7 Å². The summed E-state index contributed by atoms with van der Waals surface area (Å²) in [6.07, 6.45) is 2.56. The number of amides is 2. The van der Waals surface area contributed by atoms with Crippen molar-refractivity contribution in [3.63, 3.8) is 0 Å². The molecule has 0 bridgehead atoms. The largest absolute Gasteiger partial charge is 0.445 e. The third-order valence-electron chi connectivity index (χ3n) is 7.79. The first kappa shape index (κ1) is 28.5. The summed E-state index contributed by atoms with van der Waals surface area (Å²) in [6, 6.07) is 30.6. The van der Waals surface area contributed by atoms with Crippen LogP contribution in [0.25, 0.3) is 0 Å². The Balaban J connectivity index is 1.52. The van der Waals surface area contributed by atoms with E-state index in [9.17, 15) is 9.59 Å². The lowest BCUT2D eigenvalue weighted by Crippen LogP contribution is -2.50. The summed E-state index contributed by atoms with van der Waals surface area (Å²) in [7, 11) is 0. The van der Waals surface area contributed by atoms with Crippen LogP contribution in [0.1, 0.15) is 36.0 Å². The lowest BCUT2D eigenvalue weighted by Gasteiger charge is -2.37. The number of nitrogens with zero attached hydrogens (tertiary/aromatic N) is 3. The molecular formula is C33H35N3O4S. The molecule has 2 amide bonds. The van der Waals surface area contributed by atoms with Crippen molar-refractivity contribution < 1.29 is 19.5 Å². The van der Waals surface area contributed by atoms with Crippen LogP contribution in [0.15, 0.2) is 109 Å². The molecule has 0 radical (unpaired) electrons. The maximum Gasteiger partial charge on any atom is 0.410 e. The summed E-state index contributed by atoms with van der Waals surface area (Å²) in [5, 5.41) is 12.4. The number of hydrogen-bond acceptors (Lipinski definition) is 6. The van der Waals surface area contributed by atoms with Crippen molar-refractivity contribution in [3.05, 3.63) is 120 Å². The highest BCUT2D eigenvalue weighted by atomic mass is 32.2. The summed E-state index contributed by atoms with van der Waals surface area (Å²) in [4.78, 5) is 30.5. The van der Waals surface area contributed by atoms with E-state index in [0.717, 1.165) is 16.7 Å². The second kappa shape index (κ2) is 13.1. The molecular weight excluding hydrogens is 534 g/mol. The van der Waals surface area contributed by atoms with Gasteiger partial charge < -0.3 is 14.8 Å². The van der Waals surface area contributed by atoms with Gasteiger partial charge in [0.05, 0.1) is 10.5 Å². The van der Waals surface area contributed by atoms with Gasteiger partial charge in [-0.05, 0) is 23.1 Å². The van der Waals surface area contributed by atoms with Gasteiger partial charge in [0.25, 0.3) is 0 Å². The van der Waals surface area contributed by atoms with Crippen LogP contribution < -0.4 is 0 Å². The third kappa shape index (κ3) is 6.03. The Labute approximate surface area is 245 Å². The molecule has 0 spiro atoms. The molecule has 0 aliphatic carbocycles. The zero-order chi connectivity index (χ0) is 28.7. The van der Waals surface area contributed by atoms with Gasteiger partial charge in [-0.25, -0.2) is 4.79 Å². The van der Waals surface area contributed by atoms with E-state index in [1.165, 1.54) is 6.08 Å². The number of carbonyl (C=O) groups excluding carboxylic acids is 2. The Morgan fingerprint density at radius 3 is 1.90 bits per heavy atom. The van der Waals surface area contributed by atoms with E-state index in [4.69, 9.17) is 9.94 Å². The standard InChI is InChI=1S/C33H35N3O4S/c1-2-22-40-32(38)36-24-29(23-30(36)31(37)35-20-18-28(34-39)19-21-35)41-33(25-12-6-3-7-13-25,26-14-8-4-9-15-26)27-16-10-5-11-17-27/h2-17,29-30,39H,1,18-24H2/t29-,30-/m0/s1. The van der Waals surface area contributed by atoms with Crippen LogP contribution in [0.3, 0.4) is 0 Å². The predicted molar refractivity (Wildman–Crippen MR) is 162 cm³/mol. The molecule has 3 aromatic carbocycles. The smallest absolute Gasteiger partial charge is 0.410 e. The zero-order valence-corrected chi connectivity index (χ0v) is 23.8. The minimum atomic E-state index is -0.641. The number of rotatable bonds is 8. The lowest BCUT2D eigenvalue weighted by molar-refractivity contribution is -0.135. The van der Waals surface area contributed by atoms with Crippen LogP contribution in [0, 0.1) is 0 Å². The molecule has 41 heavy (non-hydrogen) atoms. The summed E-state index contributed by atoms with van der Waals surface area (Å²) in [5.74, 6) is -0.0922. The van der Waals surface area contributed by atoms with Crippen molar-refractivity contribution in [2.45, 2.75) is 35.3 Å². The Morgan fingerprint density at radius 1 is 0.927 bits per heavy atom. The molecule has 2 heterocycles. The van der Waals surface area contributed by atoms with Gasteiger partial charge in [-0.1, -0.05) is 109 Å². The number of thioether (sulfide) groups is 1. The van der Waals surface area contributed by atoms with E-state index in [-0.39, 0.29) is 17.8 Å². The first-order valence-corrected chi connectivity index (χ1v) is 14.8. The second-order valence-corrected chi connectivity index (χ2v) is 11.8. The van der Waals surface area contributed by atoms with Crippen LogP contribution in [0.2, 0.25) is 0 Å². The van der Waals surface area contributed by atoms with E-state index in [1.54, 1.807) is 21.6 Å². The molecule has 2 saturated heterocycles. The van der Waals surface area contributed by atoms with Crippen molar-refractivity contribution >= 4 is 29.5 Å². The highest BCUT2D eigenvalue weighted by Crippen LogP contribution is 2.52. The van der Waals surface area contributed by atoms with Gasteiger partial charge in [0.15, 0.2) is 0 Å². The Kier molecular flexibility index (Phi) is 9.09. The molecule has 2 atom stereocenters. The number of ether oxygens (including phenoxy) is 1. The predicted octanol–water partition coefficient (Wildman–Crippen LogP) is 5.93. The Bertz CT molecular complexity index is 1260. The van der Waals surface area contributed by atoms with Crippen molar-refractivity contribution in [1.82, 2.24) is 9.80 Å². The third-order valence-corrected chi connectivity index (χ3v) is 9.52. The fourth-order valence-corrected chi connectivity index (χ4v) is 7.63. The van der Waals surface area contributed by atoms with Gasteiger partial charge in [-0.15, -0.1) is 11.8 Å². The van der Waals surface area contributed by atoms with Gasteiger partial charge in [-0.2, -0.15) is 0 Å². The first-order chi connectivity index (χ1) is 20.1. The average molecular weight is 570 g/mol. The molecule has 8 heteroatoms. The van der Waals surface area contributed by atoms with Crippen LogP contribution in [-0.4, -0.2) is 70.3 Å². The van der Waals surface area contributed by atoms with E-state index in [1.807, 2.05) is 18.2 Å². The second-order valence-electron chi connectivity index (χ2n) is 10.3. The fraction of sp³-hybridized carbons (Fsp3) is 0.303. The molecule has 7 nitrogen and oxygen atoms in total. The SMILES string of the molecule is C=CCOC(=O)N1C[C@@H](SC(c2ccccc2)(c2ccccc2)c2ccccc2)C[C@H]1C(=O)N1CCC(=NO)CC1. The fourth-order valence-electron chi connectivity index (χ4n) is 5.80. The van der Waals surface area contributed by atoms with Gasteiger partial charge in [0.2, 0.25) is 5.91 Å². The first-order valence-electron chi connectivity index (χ1n) is 13.9. The summed E-state index contributed by atoms with van der Waals surface area (Å²) < 4.78 is 4.88. The van der Waals surface area contributed by atoms with Gasteiger partial charge in [-0.3, -0.25) is 9.69 Å². The molecule has 0 unspecified atom stereocenters. The molecule has 0 saturated carbocycles. The minimum absolute atomic E-state index is 0.0554. The highest BCUT2D eigenvalue weighted by Gasteiger charge is 2.47. The molecule has 5 rings (SSSR count). The van der Waals surface area contributed by atoms with E-state index in [0.29, 0.717) is 44.6 Å². The topological polar surface area (TPSA) is 82.4 Å². The van der Waals surface area contributed by atoms with Crippen LogP contribution in [-0.2, 0) is 14.3 Å². The van der Waals surface area contributed by atoms with Crippen molar-refractivity contribution in [1.29, 1.82) is 0 Å². The molecule has 3 aromatic rings. The maximum absolute atomic E-state index is 13.8. The zero-order valence-electron chi connectivity index (χ0n) is 23.0. The monoisotopic (exact) mass is 569 g/mol. The summed E-state index contributed by atoms with van der Waals surface area (Å²) in [6.45, 7) is 5.04. The lowest BCUT2D eigenvalue weighted by atomic mass is 9.84. The van der Waals surface area contributed by atoms with Crippen LogP contribution in [0.4, 0.5) is 4.79 Å². The molecule has 212 valence electrons. The molecule has 1 N–H and O–H groups in total. The van der Waals surface area contributed by atoms with Crippen LogP contribution >= 0.6 is 11.8 Å². The molecule has 2 aliphatic heterocycles. The quantitative estimate of drug-likeness (QED) is 0.157. The molecule has 2 fully saturated rings. The average Bonchev–Trinajstić information content (AvgIpc) is 3.47. The number of oxime groups is 1. The number of piperidine rings is 1. The van der Waals surface area contributed by atoms with Gasteiger partial charge >= 0.3 is 6.09 Å². The summed E-state index contributed by atoms with van der Waals surface area (Å²) in [5.41, 5.74) is 4.08. The Morgan fingerprint density at radius 2 is 1.44 bits per heavy atom. The van der Waals surface area contributed by atoms with Crippen molar-refractivity contribution in [2.75, 3.05) is 26.2 Å². The number of likely N-dealkylation sites (tertiary alicyclic amines) is 2. The van der Waals surface area contributed by atoms with Crippen LogP contribution in [0.5, 0.6) is 0 Å². The van der Waals surface area contributed by atoms with Crippen molar-refractivity contribution in [3.8, 4) is 0 Å². The van der Waals surface area contributed by atoms with E-state index >= 15 is 0 Å². The number of benzene rings is 3. The summed E-state index contributed by atoms with van der Waals surface area (Å²) >= 11 is 1.78. The highest BCUT2D eigenvalue weighted by molar-refractivity contribution is 8.01. The molecule has 2 aliphatic rings. The Hall–Kier alpha value is -4.04. The minimum Gasteiger partial charge on any atom is -0.445 e. The maximum atomic E-state index is 13.8. The van der Waals surface area contributed by atoms with E-state index in [2.05, 4.69) is 84.5 Å². The van der Waals surface area contributed by atoms with Gasteiger partial charge in [0.1, 0.15) is 12.6 Å². The number of hydrogen-bond donors (Lipinski definition) is 1. The van der Waals surface area contributed by atoms with E-state index < -0.39 is 16.9 Å². The number of carbonyl (C=O) groups is 2.